The second-order valence-corrected chi connectivity index (χ2v) is 10.8. The zero-order valence-electron chi connectivity index (χ0n) is 20.2. The monoisotopic (exact) mass is 427 g/mol. The van der Waals surface area contributed by atoms with Gasteiger partial charge in [0.1, 0.15) is 6.10 Å². The van der Waals surface area contributed by atoms with Crippen molar-refractivity contribution in [2.75, 3.05) is 13.2 Å². The second-order valence-electron chi connectivity index (χ2n) is 10.8. The summed E-state index contributed by atoms with van der Waals surface area (Å²) in [5, 5.41) is 2.31. The standard InChI is InChI=1S/C27H41NO3/c1-6-26(7-2)19-27(29-20-25(21-30-27)16-12-9-13-17-25)18-24(4,5)28(26)31-22(3)23-14-10-8-11-15-23/h8-12,14-15,22H,6-7,13,16-21H2,1-5H3. The van der Waals surface area contributed by atoms with Crippen molar-refractivity contribution in [1.82, 2.24) is 5.06 Å². The van der Waals surface area contributed by atoms with E-state index in [2.05, 4.69) is 82.2 Å². The van der Waals surface area contributed by atoms with Crippen molar-refractivity contribution in [3.8, 4) is 0 Å². The van der Waals surface area contributed by atoms with Gasteiger partial charge in [0.15, 0.2) is 5.79 Å². The molecule has 0 radical (unpaired) electrons. The molecule has 2 spiro atoms. The number of ether oxygens (including phenoxy) is 2. The second kappa shape index (κ2) is 8.62. The van der Waals surface area contributed by atoms with E-state index in [0.717, 1.165) is 51.7 Å². The van der Waals surface area contributed by atoms with E-state index in [1.165, 1.54) is 12.0 Å². The van der Waals surface area contributed by atoms with E-state index in [1.807, 2.05) is 0 Å². The fourth-order valence-electron chi connectivity index (χ4n) is 6.06. The summed E-state index contributed by atoms with van der Waals surface area (Å²) in [5.41, 5.74) is 1.05. The zero-order valence-corrected chi connectivity index (χ0v) is 20.2. The summed E-state index contributed by atoms with van der Waals surface area (Å²) >= 11 is 0. The molecule has 4 rings (SSSR count). The molecule has 0 bridgehead atoms. The number of hydrogen-bond donors (Lipinski definition) is 0. The number of piperidine rings is 1. The Balaban J connectivity index is 1.56. The SMILES string of the molecule is CCC1(CC)CC2(CC(C)(C)N1OC(C)c1ccccc1)OCC1(CC=CCC1)CO2. The van der Waals surface area contributed by atoms with Gasteiger partial charge in [-0.25, -0.2) is 0 Å². The Morgan fingerprint density at radius 3 is 2.26 bits per heavy atom. The maximum absolute atomic E-state index is 6.75. The molecule has 1 atom stereocenters. The molecule has 0 aromatic heterocycles. The lowest BCUT2D eigenvalue weighted by atomic mass is 9.71. The Morgan fingerprint density at radius 1 is 1.00 bits per heavy atom. The fourth-order valence-corrected chi connectivity index (χ4v) is 6.06. The molecule has 1 aliphatic carbocycles. The molecule has 0 N–H and O–H groups in total. The van der Waals surface area contributed by atoms with E-state index < -0.39 is 5.79 Å². The van der Waals surface area contributed by atoms with Crippen LogP contribution in [0.5, 0.6) is 0 Å². The van der Waals surface area contributed by atoms with Gasteiger partial charge in [0, 0.05) is 23.8 Å². The number of hydroxylamine groups is 2. The highest BCUT2D eigenvalue weighted by molar-refractivity contribution is 5.17. The van der Waals surface area contributed by atoms with E-state index in [0.29, 0.717) is 0 Å². The predicted molar refractivity (Wildman–Crippen MR) is 124 cm³/mol. The Morgan fingerprint density at radius 2 is 1.68 bits per heavy atom. The Bertz CT molecular complexity index is 760. The number of benzene rings is 1. The number of rotatable bonds is 5. The van der Waals surface area contributed by atoms with Crippen molar-refractivity contribution in [3.05, 3.63) is 48.0 Å². The van der Waals surface area contributed by atoms with Gasteiger partial charge in [-0.3, -0.25) is 4.84 Å². The van der Waals surface area contributed by atoms with Gasteiger partial charge in [0.25, 0.3) is 0 Å². The van der Waals surface area contributed by atoms with Crippen molar-refractivity contribution in [2.45, 2.75) is 103 Å². The van der Waals surface area contributed by atoms with Crippen LogP contribution in [0, 0.1) is 5.41 Å². The smallest absolute Gasteiger partial charge is 0.172 e. The average molecular weight is 428 g/mol. The summed E-state index contributed by atoms with van der Waals surface area (Å²) in [6, 6.07) is 10.5. The summed E-state index contributed by atoms with van der Waals surface area (Å²) in [5.74, 6) is -0.516. The van der Waals surface area contributed by atoms with Crippen molar-refractivity contribution >= 4 is 0 Å². The molecule has 1 unspecified atom stereocenters. The largest absolute Gasteiger partial charge is 0.349 e. The van der Waals surface area contributed by atoms with Crippen LogP contribution in [0.25, 0.3) is 0 Å². The molecule has 2 saturated heterocycles. The highest BCUT2D eigenvalue weighted by Gasteiger charge is 2.59. The molecule has 31 heavy (non-hydrogen) atoms. The van der Waals surface area contributed by atoms with Crippen LogP contribution in [0.1, 0.15) is 91.2 Å². The third kappa shape index (κ3) is 4.37. The number of nitrogens with zero attached hydrogens (tertiary/aromatic N) is 1. The van der Waals surface area contributed by atoms with Gasteiger partial charge < -0.3 is 9.47 Å². The first-order chi connectivity index (χ1) is 14.8. The summed E-state index contributed by atoms with van der Waals surface area (Å²) in [4.78, 5) is 6.75. The van der Waals surface area contributed by atoms with Crippen molar-refractivity contribution in [3.63, 3.8) is 0 Å². The molecule has 1 aromatic carbocycles. The quantitative estimate of drug-likeness (QED) is 0.497. The van der Waals surface area contributed by atoms with Gasteiger partial charge in [0.2, 0.25) is 0 Å². The molecule has 2 aliphatic heterocycles. The van der Waals surface area contributed by atoms with Crippen LogP contribution in [0.2, 0.25) is 0 Å². The highest BCUT2D eigenvalue weighted by Crippen LogP contribution is 2.53. The maximum atomic E-state index is 6.75. The van der Waals surface area contributed by atoms with E-state index in [9.17, 15) is 0 Å². The molecular weight excluding hydrogens is 386 g/mol. The molecule has 4 heteroatoms. The lowest BCUT2D eigenvalue weighted by Gasteiger charge is -2.61. The molecule has 2 fully saturated rings. The summed E-state index contributed by atoms with van der Waals surface area (Å²) in [6.45, 7) is 12.9. The van der Waals surface area contributed by atoms with Gasteiger partial charge in [0.05, 0.1) is 18.8 Å². The molecule has 172 valence electrons. The third-order valence-electron chi connectivity index (χ3n) is 7.97. The summed E-state index contributed by atoms with van der Waals surface area (Å²) in [7, 11) is 0. The molecule has 4 nitrogen and oxygen atoms in total. The number of allylic oxidation sites excluding steroid dienone is 2. The van der Waals surface area contributed by atoms with Gasteiger partial charge >= 0.3 is 0 Å². The van der Waals surface area contributed by atoms with E-state index in [1.54, 1.807) is 0 Å². The zero-order chi connectivity index (χ0) is 22.2. The van der Waals surface area contributed by atoms with Crippen molar-refractivity contribution in [1.29, 1.82) is 0 Å². The van der Waals surface area contributed by atoms with Crippen LogP contribution < -0.4 is 0 Å². The van der Waals surface area contributed by atoms with Crippen molar-refractivity contribution in [2.24, 2.45) is 5.41 Å². The van der Waals surface area contributed by atoms with Crippen LogP contribution in [0.3, 0.4) is 0 Å². The minimum Gasteiger partial charge on any atom is -0.349 e. The molecule has 0 saturated carbocycles. The minimum atomic E-state index is -0.516. The molecular formula is C27H41NO3. The average Bonchev–Trinajstić information content (AvgIpc) is 2.79. The van der Waals surface area contributed by atoms with E-state index in [4.69, 9.17) is 14.3 Å². The Labute approximate surface area is 188 Å². The van der Waals surface area contributed by atoms with Crippen LogP contribution >= 0.6 is 0 Å². The molecule has 1 aromatic rings. The molecule has 2 heterocycles. The summed E-state index contributed by atoms with van der Waals surface area (Å²) in [6.07, 6.45) is 11.6. The lowest BCUT2D eigenvalue weighted by molar-refractivity contribution is -0.395. The van der Waals surface area contributed by atoms with Gasteiger partial charge in [-0.15, -0.1) is 0 Å². The molecule has 3 aliphatic rings. The Hall–Kier alpha value is -1.20. The van der Waals surface area contributed by atoms with E-state index in [-0.39, 0.29) is 22.6 Å². The topological polar surface area (TPSA) is 30.9 Å². The number of hydrogen-bond acceptors (Lipinski definition) is 4. The molecule has 0 amide bonds. The van der Waals surface area contributed by atoms with Gasteiger partial charge in [-0.2, -0.15) is 5.06 Å². The van der Waals surface area contributed by atoms with Gasteiger partial charge in [-0.05, 0) is 58.4 Å². The summed E-state index contributed by atoms with van der Waals surface area (Å²) < 4.78 is 13.4. The normalized spacial score (nSPS) is 27.4. The van der Waals surface area contributed by atoms with Gasteiger partial charge in [-0.1, -0.05) is 56.3 Å². The highest BCUT2D eigenvalue weighted by atomic mass is 16.7. The van der Waals surface area contributed by atoms with E-state index >= 15 is 0 Å². The van der Waals surface area contributed by atoms with Crippen LogP contribution in [0.15, 0.2) is 42.5 Å². The van der Waals surface area contributed by atoms with Crippen LogP contribution in [-0.2, 0) is 14.3 Å². The maximum Gasteiger partial charge on any atom is 0.172 e. The minimum absolute atomic E-state index is 0.00233. The first kappa shape index (κ1) is 23.0. The van der Waals surface area contributed by atoms with Crippen LogP contribution in [0.4, 0.5) is 0 Å². The van der Waals surface area contributed by atoms with Crippen molar-refractivity contribution < 1.29 is 14.3 Å². The first-order valence-electron chi connectivity index (χ1n) is 12.2. The Kier molecular flexibility index (Phi) is 6.39. The predicted octanol–water partition coefficient (Wildman–Crippen LogP) is 6.58. The fraction of sp³-hybridized carbons (Fsp3) is 0.704. The van der Waals surface area contributed by atoms with Crippen LogP contribution in [-0.4, -0.2) is 35.1 Å². The lowest BCUT2D eigenvalue weighted by Crippen LogP contribution is -2.69. The first-order valence-corrected chi connectivity index (χ1v) is 12.2. The third-order valence-corrected chi connectivity index (χ3v) is 7.97.